The van der Waals surface area contributed by atoms with Gasteiger partial charge in [0.15, 0.2) is 0 Å². The molecule has 1 aromatic heterocycles. The third-order valence-electron chi connectivity index (χ3n) is 3.02. The molecule has 2 heterocycles. The van der Waals surface area contributed by atoms with Crippen molar-refractivity contribution in [3.63, 3.8) is 0 Å². The summed E-state index contributed by atoms with van der Waals surface area (Å²) in [5.74, 6) is 0.382. The van der Waals surface area contributed by atoms with E-state index in [1.54, 1.807) is 11.3 Å². The standard InChI is InChI=1S/C12H17NO2S/c1-3-11-9(4-5-15-11)10(14)6-12-13-8(2)7-16-12/h7,9,11H,3-6H2,1-2H3. The molecule has 0 spiro atoms. The molecule has 0 aromatic carbocycles. The number of ether oxygens (including phenoxy) is 1. The molecule has 3 nitrogen and oxygen atoms in total. The minimum Gasteiger partial charge on any atom is -0.377 e. The number of carbonyl (C=O) groups excluding carboxylic acids is 1. The van der Waals surface area contributed by atoms with Crippen LogP contribution in [-0.4, -0.2) is 23.5 Å². The Morgan fingerprint density at radius 3 is 3.12 bits per heavy atom. The quantitative estimate of drug-likeness (QED) is 0.809. The molecule has 2 unspecified atom stereocenters. The van der Waals surface area contributed by atoms with Crippen LogP contribution in [0.25, 0.3) is 0 Å². The second kappa shape index (κ2) is 5.06. The van der Waals surface area contributed by atoms with Crippen molar-refractivity contribution in [2.45, 2.75) is 39.2 Å². The van der Waals surface area contributed by atoms with E-state index in [9.17, 15) is 4.79 Å². The summed E-state index contributed by atoms with van der Waals surface area (Å²) >= 11 is 1.57. The van der Waals surface area contributed by atoms with Crippen LogP contribution < -0.4 is 0 Å². The Balaban J connectivity index is 1.97. The number of Topliss-reactive ketones (excluding diaryl/α,β-unsaturated/α-hetero) is 1. The molecule has 0 saturated carbocycles. The number of aryl methyl sites for hydroxylation is 1. The lowest BCUT2D eigenvalue weighted by Crippen LogP contribution is -2.25. The van der Waals surface area contributed by atoms with Crippen molar-refractivity contribution in [3.05, 3.63) is 16.1 Å². The van der Waals surface area contributed by atoms with Crippen LogP contribution in [0.3, 0.4) is 0 Å². The largest absolute Gasteiger partial charge is 0.377 e. The molecule has 0 radical (unpaired) electrons. The van der Waals surface area contributed by atoms with E-state index >= 15 is 0 Å². The SMILES string of the molecule is CCC1OCCC1C(=O)Cc1nc(C)cs1. The van der Waals surface area contributed by atoms with Gasteiger partial charge in [0.05, 0.1) is 12.5 Å². The van der Waals surface area contributed by atoms with E-state index in [-0.39, 0.29) is 12.0 Å². The number of hydrogen-bond donors (Lipinski definition) is 0. The van der Waals surface area contributed by atoms with Gasteiger partial charge in [-0.15, -0.1) is 11.3 Å². The Morgan fingerprint density at radius 2 is 2.50 bits per heavy atom. The number of nitrogens with zero attached hydrogens (tertiary/aromatic N) is 1. The third-order valence-corrected chi connectivity index (χ3v) is 3.98. The van der Waals surface area contributed by atoms with Gasteiger partial charge in [-0.1, -0.05) is 6.92 Å². The maximum absolute atomic E-state index is 12.1. The summed E-state index contributed by atoms with van der Waals surface area (Å²) in [4.78, 5) is 16.4. The zero-order valence-electron chi connectivity index (χ0n) is 9.73. The minimum atomic E-state index is 0.0919. The average Bonchev–Trinajstić information content (AvgIpc) is 2.86. The number of thiazole rings is 1. The Bertz CT molecular complexity index is 375. The first-order chi connectivity index (χ1) is 7.70. The third kappa shape index (κ3) is 2.50. The number of aromatic nitrogens is 1. The van der Waals surface area contributed by atoms with Gasteiger partial charge in [0.1, 0.15) is 10.8 Å². The molecule has 1 fully saturated rings. The monoisotopic (exact) mass is 239 g/mol. The minimum absolute atomic E-state index is 0.0919. The van der Waals surface area contributed by atoms with Crippen molar-refractivity contribution in [1.82, 2.24) is 4.98 Å². The summed E-state index contributed by atoms with van der Waals surface area (Å²) in [7, 11) is 0. The molecule has 0 aliphatic carbocycles. The van der Waals surface area contributed by atoms with Gasteiger partial charge in [0.25, 0.3) is 0 Å². The maximum Gasteiger partial charge on any atom is 0.145 e. The lowest BCUT2D eigenvalue weighted by Gasteiger charge is -2.14. The number of hydrogen-bond acceptors (Lipinski definition) is 4. The summed E-state index contributed by atoms with van der Waals surface area (Å²) in [6.07, 6.45) is 2.41. The molecular formula is C12H17NO2S. The van der Waals surface area contributed by atoms with Crippen molar-refractivity contribution in [2.24, 2.45) is 5.92 Å². The molecular weight excluding hydrogens is 222 g/mol. The molecule has 4 heteroatoms. The van der Waals surface area contributed by atoms with Gasteiger partial charge in [0.2, 0.25) is 0 Å². The summed E-state index contributed by atoms with van der Waals surface area (Å²) in [6.45, 7) is 4.76. The van der Waals surface area contributed by atoms with Crippen molar-refractivity contribution in [3.8, 4) is 0 Å². The predicted octanol–water partition coefficient (Wildman–Crippen LogP) is 2.38. The molecule has 0 amide bonds. The number of ketones is 1. The second-order valence-electron chi connectivity index (χ2n) is 4.24. The summed E-state index contributed by atoms with van der Waals surface area (Å²) < 4.78 is 5.54. The lowest BCUT2D eigenvalue weighted by atomic mass is 9.93. The molecule has 0 bridgehead atoms. The molecule has 2 rings (SSSR count). The molecule has 1 saturated heterocycles. The smallest absolute Gasteiger partial charge is 0.145 e. The molecule has 88 valence electrons. The zero-order chi connectivity index (χ0) is 11.5. The van der Waals surface area contributed by atoms with Crippen LogP contribution in [0.5, 0.6) is 0 Å². The summed E-state index contributed by atoms with van der Waals surface area (Å²) in [6, 6.07) is 0. The van der Waals surface area contributed by atoms with Crippen LogP contribution in [0.1, 0.15) is 30.5 Å². The van der Waals surface area contributed by atoms with Crippen LogP contribution >= 0.6 is 11.3 Å². The predicted molar refractivity (Wildman–Crippen MR) is 63.7 cm³/mol. The highest BCUT2D eigenvalue weighted by atomic mass is 32.1. The molecule has 16 heavy (non-hydrogen) atoms. The van der Waals surface area contributed by atoms with Crippen LogP contribution in [0.15, 0.2) is 5.38 Å². The lowest BCUT2D eigenvalue weighted by molar-refractivity contribution is -0.123. The maximum atomic E-state index is 12.1. The van der Waals surface area contributed by atoms with E-state index in [1.165, 1.54) is 0 Å². The zero-order valence-corrected chi connectivity index (χ0v) is 10.5. The van der Waals surface area contributed by atoms with E-state index in [1.807, 2.05) is 12.3 Å². The molecule has 2 atom stereocenters. The van der Waals surface area contributed by atoms with Crippen LogP contribution in [0.4, 0.5) is 0 Å². The van der Waals surface area contributed by atoms with Gasteiger partial charge >= 0.3 is 0 Å². The first-order valence-electron chi connectivity index (χ1n) is 5.76. The Kier molecular flexibility index (Phi) is 3.71. The Labute approximate surface area is 99.8 Å². The summed E-state index contributed by atoms with van der Waals surface area (Å²) in [5, 5.41) is 2.93. The van der Waals surface area contributed by atoms with Crippen molar-refractivity contribution in [1.29, 1.82) is 0 Å². The van der Waals surface area contributed by atoms with Crippen molar-refractivity contribution >= 4 is 17.1 Å². The fourth-order valence-corrected chi connectivity index (χ4v) is 2.96. The fraction of sp³-hybridized carbons (Fsp3) is 0.667. The van der Waals surface area contributed by atoms with Gasteiger partial charge in [-0.25, -0.2) is 4.98 Å². The molecule has 1 aromatic rings. The van der Waals surface area contributed by atoms with Crippen LogP contribution in [-0.2, 0) is 16.0 Å². The highest BCUT2D eigenvalue weighted by Crippen LogP contribution is 2.25. The average molecular weight is 239 g/mol. The molecule has 0 N–H and O–H groups in total. The van der Waals surface area contributed by atoms with Crippen LogP contribution in [0, 0.1) is 12.8 Å². The van der Waals surface area contributed by atoms with E-state index in [4.69, 9.17) is 4.74 Å². The Morgan fingerprint density at radius 1 is 1.69 bits per heavy atom. The van der Waals surface area contributed by atoms with E-state index < -0.39 is 0 Å². The molecule has 1 aliphatic heterocycles. The van der Waals surface area contributed by atoms with E-state index in [0.29, 0.717) is 12.2 Å². The van der Waals surface area contributed by atoms with Crippen molar-refractivity contribution < 1.29 is 9.53 Å². The first kappa shape index (κ1) is 11.7. The Hall–Kier alpha value is -0.740. The van der Waals surface area contributed by atoms with E-state index in [0.717, 1.165) is 30.2 Å². The normalized spacial score (nSPS) is 24.9. The summed E-state index contributed by atoms with van der Waals surface area (Å²) in [5.41, 5.74) is 1.00. The van der Waals surface area contributed by atoms with E-state index in [2.05, 4.69) is 11.9 Å². The number of carbonyl (C=O) groups is 1. The van der Waals surface area contributed by atoms with Crippen LogP contribution in [0.2, 0.25) is 0 Å². The van der Waals surface area contributed by atoms with Gasteiger partial charge in [-0.3, -0.25) is 4.79 Å². The van der Waals surface area contributed by atoms with Gasteiger partial charge in [-0.05, 0) is 19.8 Å². The first-order valence-corrected chi connectivity index (χ1v) is 6.64. The van der Waals surface area contributed by atoms with Gasteiger partial charge < -0.3 is 4.74 Å². The topological polar surface area (TPSA) is 39.2 Å². The van der Waals surface area contributed by atoms with Crippen molar-refractivity contribution in [2.75, 3.05) is 6.61 Å². The fourth-order valence-electron chi connectivity index (χ4n) is 2.18. The van der Waals surface area contributed by atoms with Gasteiger partial charge in [0, 0.05) is 23.6 Å². The number of rotatable bonds is 4. The second-order valence-corrected chi connectivity index (χ2v) is 5.18. The highest BCUT2D eigenvalue weighted by molar-refractivity contribution is 7.09. The highest BCUT2D eigenvalue weighted by Gasteiger charge is 2.32. The molecule has 1 aliphatic rings. The van der Waals surface area contributed by atoms with Gasteiger partial charge in [-0.2, -0.15) is 0 Å².